The molecule has 144 valence electrons. The van der Waals surface area contributed by atoms with Gasteiger partial charge >= 0.3 is 0 Å². The standard InChI is InChI=1S/C19H23N3O5/c1-12(19(24)22-14-6-4-5-7-15(14)25-2)21-13-8-9-16(26-3)17(10-13)27-11-18(20)23/h4-10,12,21H,11H2,1-3H3,(H2,20,23)(H,22,24). The van der Waals surface area contributed by atoms with Crippen molar-refractivity contribution in [2.45, 2.75) is 13.0 Å². The van der Waals surface area contributed by atoms with Crippen molar-refractivity contribution < 1.29 is 23.8 Å². The number of primary amides is 1. The van der Waals surface area contributed by atoms with Crippen LogP contribution < -0.4 is 30.6 Å². The molecule has 0 aliphatic rings. The molecule has 0 bridgehead atoms. The maximum Gasteiger partial charge on any atom is 0.255 e. The largest absolute Gasteiger partial charge is 0.495 e. The maximum atomic E-state index is 12.5. The Morgan fingerprint density at radius 1 is 1.04 bits per heavy atom. The van der Waals surface area contributed by atoms with Crippen LogP contribution in [0.3, 0.4) is 0 Å². The van der Waals surface area contributed by atoms with Gasteiger partial charge in [-0.1, -0.05) is 12.1 Å². The predicted molar refractivity (Wildman–Crippen MR) is 102 cm³/mol. The van der Waals surface area contributed by atoms with E-state index in [1.807, 2.05) is 12.1 Å². The van der Waals surface area contributed by atoms with Crippen molar-refractivity contribution in [3.8, 4) is 17.2 Å². The number of methoxy groups -OCH3 is 2. The second-order valence-electron chi connectivity index (χ2n) is 5.68. The molecule has 0 saturated heterocycles. The van der Waals surface area contributed by atoms with Gasteiger partial charge in [0.15, 0.2) is 18.1 Å². The van der Waals surface area contributed by atoms with Crippen LogP contribution in [0.25, 0.3) is 0 Å². The summed E-state index contributed by atoms with van der Waals surface area (Å²) in [6.45, 7) is 1.45. The number of hydrogen-bond donors (Lipinski definition) is 3. The van der Waals surface area contributed by atoms with Crippen molar-refractivity contribution in [1.82, 2.24) is 0 Å². The molecule has 0 spiro atoms. The molecule has 2 amide bonds. The lowest BCUT2D eigenvalue weighted by molar-refractivity contribution is -0.120. The molecule has 0 aliphatic heterocycles. The van der Waals surface area contributed by atoms with Gasteiger partial charge in [-0.15, -0.1) is 0 Å². The van der Waals surface area contributed by atoms with E-state index in [1.165, 1.54) is 14.2 Å². The zero-order valence-corrected chi connectivity index (χ0v) is 15.4. The summed E-state index contributed by atoms with van der Waals surface area (Å²) >= 11 is 0. The van der Waals surface area contributed by atoms with Crippen LogP contribution in [-0.2, 0) is 9.59 Å². The Morgan fingerprint density at radius 2 is 1.74 bits per heavy atom. The Kier molecular flexibility index (Phi) is 6.87. The van der Waals surface area contributed by atoms with E-state index in [4.69, 9.17) is 19.9 Å². The number of amides is 2. The summed E-state index contributed by atoms with van der Waals surface area (Å²) in [6, 6.07) is 11.6. The highest BCUT2D eigenvalue weighted by molar-refractivity contribution is 5.97. The van der Waals surface area contributed by atoms with Gasteiger partial charge in [-0.3, -0.25) is 9.59 Å². The molecule has 27 heavy (non-hydrogen) atoms. The maximum absolute atomic E-state index is 12.5. The molecule has 2 rings (SSSR count). The third-order valence-corrected chi connectivity index (χ3v) is 3.67. The van der Waals surface area contributed by atoms with Crippen LogP contribution in [0.1, 0.15) is 6.92 Å². The van der Waals surface area contributed by atoms with E-state index < -0.39 is 11.9 Å². The number of nitrogens with two attached hydrogens (primary N) is 1. The van der Waals surface area contributed by atoms with Gasteiger partial charge in [0.25, 0.3) is 5.91 Å². The first-order chi connectivity index (χ1) is 12.9. The second kappa shape index (κ2) is 9.33. The van der Waals surface area contributed by atoms with Gasteiger partial charge in [0.1, 0.15) is 11.8 Å². The van der Waals surface area contributed by atoms with E-state index in [2.05, 4.69) is 10.6 Å². The molecule has 0 saturated carbocycles. The minimum absolute atomic E-state index is 0.241. The molecule has 0 aromatic heterocycles. The summed E-state index contributed by atoms with van der Waals surface area (Å²) in [7, 11) is 3.03. The van der Waals surface area contributed by atoms with Crippen LogP contribution >= 0.6 is 0 Å². The number of carbonyl (C=O) groups excluding carboxylic acids is 2. The molecule has 0 fully saturated rings. The molecule has 0 heterocycles. The fraction of sp³-hybridized carbons (Fsp3) is 0.263. The average molecular weight is 373 g/mol. The quantitative estimate of drug-likeness (QED) is 0.620. The van der Waals surface area contributed by atoms with Crippen LogP contribution in [0, 0.1) is 0 Å². The highest BCUT2D eigenvalue weighted by Gasteiger charge is 2.16. The van der Waals surface area contributed by atoms with Crippen LogP contribution in [0.5, 0.6) is 17.2 Å². The number of benzene rings is 2. The van der Waals surface area contributed by atoms with Crippen LogP contribution in [0.2, 0.25) is 0 Å². The normalized spacial score (nSPS) is 11.2. The van der Waals surface area contributed by atoms with E-state index in [0.29, 0.717) is 28.6 Å². The third kappa shape index (κ3) is 5.53. The fourth-order valence-corrected chi connectivity index (χ4v) is 2.33. The molecule has 2 aromatic rings. The number of para-hydroxylation sites is 2. The molecule has 0 radical (unpaired) electrons. The van der Waals surface area contributed by atoms with Crippen LogP contribution in [0.4, 0.5) is 11.4 Å². The summed E-state index contributed by atoms with van der Waals surface area (Å²) in [6.07, 6.45) is 0. The molecule has 8 heteroatoms. The first kappa shape index (κ1) is 19.9. The van der Waals surface area contributed by atoms with Crippen molar-refractivity contribution in [2.24, 2.45) is 5.73 Å². The lowest BCUT2D eigenvalue weighted by Crippen LogP contribution is -2.32. The topological polar surface area (TPSA) is 112 Å². The second-order valence-corrected chi connectivity index (χ2v) is 5.68. The van der Waals surface area contributed by atoms with Crippen molar-refractivity contribution in [2.75, 3.05) is 31.5 Å². The number of carbonyl (C=O) groups is 2. The SMILES string of the molecule is COc1ccccc1NC(=O)C(C)Nc1ccc(OC)c(OCC(N)=O)c1. The molecule has 1 unspecified atom stereocenters. The Morgan fingerprint density at radius 3 is 2.41 bits per heavy atom. The van der Waals surface area contributed by atoms with Gasteiger partial charge in [-0.2, -0.15) is 0 Å². The van der Waals surface area contributed by atoms with Crippen molar-refractivity contribution in [3.05, 3.63) is 42.5 Å². The molecule has 1 atom stereocenters. The van der Waals surface area contributed by atoms with E-state index >= 15 is 0 Å². The molecule has 2 aromatic carbocycles. The third-order valence-electron chi connectivity index (χ3n) is 3.67. The van der Waals surface area contributed by atoms with Crippen molar-refractivity contribution in [1.29, 1.82) is 0 Å². The number of hydrogen-bond acceptors (Lipinski definition) is 6. The minimum Gasteiger partial charge on any atom is -0.495 e. The average Bonchev–Trinajstić information content (AvgIpc) is 2.66. The highest BCUT2D eigenvalue weighted by Crippen LogP contribution is 2.30. The monoisotopic (exact) mass is 373 g/mol. The number of nitrogens with one attached hydrogen (secondary N) is 2. The van der Waals surface area contributed by atoms with E-state index in [0.717, 1.165) is 0 Å². The Labute approximate surface area is 157 Å². The first-order valence-electron chi connectivity index (χ1n) is 8.24. The van der Waals surface area contributed by atoms with Crippen LogP contribution in [-0.4, -0.2) is 38.7 Å². The lowest BCUT2D eigenvalue weighted by Gasteiger charge is -2.18. The van der Waals surface area contributed by atoms with Crippen molar-refractivity contribution in [3.63, 3.8) is 0 Å². The van der Waals surface area contributed by atoms with E-state index in [-0.39, 0.29) is 12.5 Å². The summed E-state index contributed by atoms with van der Waals surface area (Å²) < 4.78 is 15.8. The molecular weight excluding hydrogens is 350 g/mol. The minimum atomic E-state index is -0.597. The highest BCUT2D eigenvalue weighted by atomic mass is 16.5. The molecule has 4 N–H and O–H groups in total. The number of anilines is 2. The smallest absolute Gasteiger partial charge is 0.255 e. The summed E-state index contributed by atoms with van der Waals surface area (Å²) in [5, 5.41) is 5.89. The lowest BCUT2D eigenvalue weighted by atomic mass is 10.2. The summed E-state index contributed by atoms with van der Waals surface area (Å²) in [5.41, 5.74) is 6.31. The van der Waals surface area contributed by atoms with Gasteiger partial charge in [-0.05, 0) is 31.2 Å². The van der Waals surface area contributed by atoms with Gasteiger partial charge in [0.05, 0.1) is 19.9 Å². The number of rotatable bonds is 9. The zero-order chi connectivity index (χ0) is 19.8. The van der Waals surface area contributed by atoms with E-state index in [1.54, 1.807) is 37.3 Å². The first-order valence-corrected chi connectivity index (χ1v) is 8.24. The molecule has 8 nitrogen and oxygen atoms in total. The molecular formula is C19H23N3O5. The van der Waals surface area contributed by atoms with Gasteiger partial charge in [0, 0.05) is 11.8 Å². The summed E-state index contributed by atoms with van der Waals surface area (Å²) in [4.78, 5) is 23.4. The van der Waals surface area contributed by atoms with E-state index in [9.17, 15) is 9.59 Å². The fourth-order valence-electron chi connectivity index (χ4n) is 2.33. The van der Waals surface area contributed by atoms with Crippen molar-refractivity contribution >= 4 is 23.2 Å². The predicted octanol–water partition coefficient (Wildman–Crippen LogP) is 2.01. The summed E-state index contributed by atoms with van der Waals surface area (Å²) in [5.74, 6) is 0.533. The Hall–Kier alpha value is -3.42. The van der Waals surface area contributed by atoms with Gasteiger partial charge in [-0.25, -0.2) is 0 Å². The zero-order valence-electron chi connectivity index (χ0n) is 15.4. The molecule has 0 aliphatic carbocycles. The van der Waals surface area contributed by atoms with Gasteiger partial charge in [0.2, 0.25) is 5.91 Å². The van der Waals surface area contributed by atoms with Crippen LogP contribution in [0.15, 0.2) is 42.5 Å². The number of ether oxygens (including phenoxy) is 3. The van der Waals surface area contributed by atoms with Gasteiger partial charge < -0.3 is 30.6 Å². The Bertz CT molecular complexity index is 810. The Balaban J connectivity index is 2.07.